The first-order chi connectivity index (χ1) is 7.16. The molecule has 0 saturated heterocycles. The third-order valence-electron chi connectivity index (χ3n) is 1.83. The van der Waals surface area contributed by atoms with Crippen molar-refractivity contribution in [2.75, 3.05) is 5.73 Å². The molecular formula is C9H7BrN2OS2. The van der Waals surface area contributed by atoms with Gasteiger partial charge in [0, 0.05) is 26.2 Å². The number of anilines is 1. The van der Waals surface area contributed by atoms with E-state index < -0.39 is 0 Å². The van der Waals surface area contributed by atoms with E-state index >= 15 is 0 Å². The molecular weight excluding hydrogens is 296 g/mol. The van der Waals surface area contributed by atoms with E-state index in [1.54, 1.807) is 0 Å². The molecule has 0 spiro atoms. The first kappa shape index (κ1) is 10.8. The van der Waals surface area contributed by atoms with Crippen molar-refractivity contribution in [1.29, 1.82) is 0 Å². The molecule has 0 atom stereocenters. The Morgan fingerprint density at radius 3 is 2.80 bits per heavy atom. The summed E-state index contributed by atoms with van der Waals surface area (Å²) >= 11 is 6.19. The van der Waals surface area contributed by atoms with Crippen molar-refractivity contribution in [3.63, 3.8) is 0 Å². The van der Waals surface area contributed by atoms with Crippen molar-refractivity contribution in [1.82, 2.24) is 4.98 Å². The topological polar surface area (TPSA) is 56.0 Å². The van der Waals surface area contributed by atoms with Gasteiger partial charge >= 0.3 is 0 Å². The van der Waals surface area contributed by atoms with Crippen LogP contribution in [-0.4, -0.2) is 10.8 Å². The van der Waals surface area contributed by atoms with Crippen molar-refractivity contribution in [3.8, 4) is 0 Å². The quantitative estimate of drug-likeness (QED) is 0.887. The molecule has 0 saturated carbocycles. The maximum Gasteiger partial charge on any atom is 0.180 e. The molecule has 2 rings (SSSR count). The number of nitrogens with zero attached hydrogens (tertiary/aromatic N) is 1. The average molecular weight is 303 g/mol. The van der Waals surface area contributed by atoms with Crippen LogP contribution in [0.1, 0.15) is 16.1 Å². The summed E-state index contributed by atoms with van der Waals surface area (Å²) in [4.78, 5) is 15.9. The molecule has 3 nitrogen and oxygen atoms in total. The molecule has 78 valence electrons. The molecule has 2 aromatic heterocycles. The monoisotopic (exact) mass is 302 g/mol. The highest BCUT2D eigenvalue weighted by Gasteiger charge is 2.13. The molecule has 2 heterocycles. The molecule has 0 amide bonds. The van der Waals surface area contributed by atoms with Crippen LogP contribution >= 0.6 is 38.6 Å². The normalized spacial score (nSPS) is 10.5. The Morgan fingerprint density at radius 1 is 1.47 bits per heavy atom. The van der Waals surface area contributed by atoms with Crippen LogP contribution in [0.2, 0.25) is 0 Å². The summed E-state index contributed by atoms with van der Waals surface area (Å²) in [5.41, 5.74) is 6.94. The van der Waals surface area contributed by atoms with Crippen molar-refractivity contribution in [3.05, 3.63) is 31.9 Å². The highest BCUT2D eigenvalue weighted by Crippen LogP contribution is 2.23. The third-order valence-corrected chi connectivity index (χ3v) is 4.25. The second-order valence-electron chi connectivity index (χ2n) is 2.91. The average Bonchev–Trinajstić information content (AvgIpc) is 2.75. The van der Waals surface area contributed by atoms with Gasteiger partial charge < -0.3 is 5.73 Å². The van der Waals surface area contributed by atoms with Crippen LogP contribution < -0.4 is 5.73 Å². The van der Waals surface area contributed by atoms with E-state index in [2.05, 4.69) is 20.9 Å². The zero-order chi connectivity index (χ0) is 10.8. The summed E-state index contributed by atoms with van der Waals surface area (Å²) in [7, 11) is 0. The van der Waals surface area contributed by atoms with Crippen LogP contribution in [-0.2, 0) is 6.42 Å². The lowest BCUT2D eigenvalue weighted by Gasteiger charge is -1.95. The predicted molar refractivity (Wildman–Crippen MR) is 66.6 cm³/mol. The summed E-state index contributed by atoms with van der Waals surface area (Å²) in [5.74, 6) is 0.0634. The van der Waals surface area contributed by atoms with Gasteiger partial charge in [-0.05, 0) is 15.9 Å². The largest absolute Gasteiger partial charge is 0.375 e. The number of thiophene rings is 1. The molecule has 0 bridgehead atoms. The van der Waals surface area contributed by atoms with Crippen molar-refractivity contribution < 1.29 is 4.79 Å². The molecule has 2 N–H and O–H groups in total. The molecule has 0 unspecified atom stereocenters. The summed E-state index contributed by atoms with van der Waals surface area (Å²) in [6, 6.07) is 0. The van der Waals surface area contributed by atoms with E-state index in [1.165, 1.54) is 22.7 Å². The van der Waals surface area contributed by atoms with Gasteiger partial charge in [0.2, 0.25) is 0 Å². The Morgan fingerprint density at radius 2 is 2.27 bits per heavy atom. The fourth-order valence-electron chi connectivity index (χ4n) is 1.14. The van der Waals surface area contributed by atoms with E-state index in [-0.39, 0.29) is 5.78 Å². The molecule has 0 fully saturated rings. The summed E-state index contributed by atoms with van der Waals surface area (Å²) in [6.45, 7) is 0. The van der Waals surface area contributed by atoms with Gasteiger partial charge in [0.15, 0.2) is 10.9 Å². The minimum atomic E-state index is 0.0634. The standard InChI is InChI=1S/C9H7BrN2OS2/c10-7-4-14-3-6(7)8(13)1-5-2-15-9(11)12-5/h2-4H,1H2,(H2,11,12). The number of halogens is 1. The van der Waals surface area contributed by atoms with Gasteiger partial charge in [-0.25, -0.2) is 4.98 Å². The number of carbonyl (C=O) groups excluding carboxylic acids is 1. The van der Waals surface area contributed by atoms with E-state index in [4.69, 9.17) is 5.73 Å². The first-order valence-corrected chi connectivity index (χ1v) is 6.73. The molecule has 0 radical (unpaired) electrons. The van der Waals surface area contributed by atoms with Crippen LogP contribution in [0.15, 0.2) is 20.6 Å². The minimum absolute atomic E-state index is 0.0634. The molecule has 0 aliphatic carbocycles. The van der Waals surface area contributed by atoms with Crippen molar-refractivity contribution >= 4 is 49.5 Å². The molecule has 0 aliphatic rings. The number of ketones is 1. The molecule has 2 aromatic rings. The molecule has 0 aliphatic heterocycles. The van der Waals surface area contributed by atoms with E-state index in [9.17, 15) is 4.79 Å². The number of hydrogen-bond donors (Lipinski definition) is 1. The lowest BCUT2D eigenvalue weighted by atomic mass is 10.1. The van der Waals surface area contributed by atoms with Gasteiger partial charge in [0.05, 0.1) is 12.1 Å². The summed E-state index contributed by atoms with van der Waals surface area (Å²) in [5, 5.41) is 6.04. The number of nitrogen functional groups attached to an aromatic ring is 1. The Hall–Kier alpha value is -0.720. The van der Waals surface area contributed by atoms with Gasteiger partial charge in [-0.2, -0.15) is 11.3 Å². The Balaban J connectivity index is 2.14. The minimum Gasteiger partial charge on any atom is -0.375 e. The highest BCUT2D eigenvalue weighted by atomic mass is 79.9. The number of nitrogens with two attached hydrogens (primary N) is 1. The Labute approximate surface area is 103 Å². The lowest BCUT2D eigenvalue weighted by Crippen LogP contribution is -2.03. The first-order valence-electron chi connectivity index (χ1n) is 4.11. The molecule has 15 heavy (non-hydrogen) atoms. The second-order valence-corrected chi connectivity index (χ2v) is 5.40. The Bertz CT molecular complexity index is 492. The number of hydrogen-bond acceptors (Lipinski definition) is 5. The van der Waals surface area contributed by atoms with Gasteiger partial charge in [0.25, 0.3) is 0 Å². The number of Topliss-reactive ketones (excluding diaryl/α,β-unsaturated/α-hetero) is 1. The van der Waals surface area contributed by atoms with Gasteiger partial charge in [-0.1, -0.05) is 0 Å². The fraction of sp³-hybridized carbons (Fsp3) is 0.111. The number of carbonyl (C=O) groups is 1. The van der Waals surface area contributed by atoms with Gasteiger partial charge in [0.1, 0.15) is 0 Å². The SMILES string of the molecule is Nc1nc(CC(=O)c2cscc2Br)cs1. The van der Waals surface area contributed by atoms with Crippen LogP contribution in [0.5, 0.6) is 0 Å². The van der Waals surface area contributed by atoms with Crippen LogP contribution in [0.25, 0.3) is 0 Å². The number of rotatable bonds is 3. The zero-order valence-corrected chi connectivity index (χ0v) is 10.8. The number of thiazole rings is 1. The van der Waals surface area contributed by atoms with E-state index in [0.29, 0.717) is 17.1 Å². The molecule has 0 aromatic carbocycles. The smallest absolute Gasteiger partial charge is 0.180 e. The predicted octanol–water partition coefficient (Wildman–Crippen LogP) is 2.97. The number of aromatic nitrogens is 1. The van der Waals surface area contributed by atoms with Crippen LogP contribution in [0.3, 0.4) is 0 Å². The van der Waals surface area contributed by atoms with Crippen molar-refractivity contribution in [2.45, 2.75) is 6.42 Å². The lowest BCUT2D eigenvalue weighted by molar-refractivity contribution is 0.0992. The maximum atomic E-state index is 11.8. The van der Waals surface area contributed by atoms with Gasteiger partial charge in [-0.15, -0.1) is 11.3 Å². The van der Waals surface area contributed by atoms with Crippen molar-refractivity contribution in [2.24, 2.45) is 0 Å². The van der Waals surface area contributed by atoms with E-state index in [1.807, 2.05) is 16.1 Å². The zero-order valence-electron chi connectivity index (χ0n) is 7.57. The molecule has 6 heteroatoms. The van der Waals surface area contributed by atoms with Crippen LogP contribution in [0, 0.1) is 0 Å². The third kappa shape index (κ3) is 2.45. The fourth-order valence-corrected chi connectivity index (χ4v) is 3.23. The summed E-state index contributed by atoms with van der Waals surface area (Å²) < 4.78 is 0.848. The summed E-state index contributed by atoms with van der Waals surface area (Å²) in [6.07, 6.45) is 0.309. The van der Waals surface area contributed by atoms with Gasteiger partial charge in [-0.3, -0.25) is 4.79 Å². The maximum absolute atomic E-state index is 11.8. The van der Waals surface area contributed by atoms with Crippen LogP contribution in [0.4, 0.5) is 5.13 Å². The highest BCUT2D eigenvalue weighted by molar-refractivity contribution is 9.10. The van der Waals surface area contributed by atoms with E-state index in [0.717, 1.165) is 10.2 Å². The Kier molecular flexibility index (Phi) is 3.18. The second kappa shape index (κ2) is 4.42.